The van der Waals surface area contributed by atoms with Gasteiger partial charge in [0, 0.05) is 17.4 Å². The van der Waals surface area contributed by atoms with E-state index >= 15 is 0 Å². The number of hydrogen-bond donors (Lipinski definition) is 1. The molecule has 2 aromatic carbocycles. The van der Waals surface area contributed by atoms with Crippen LogP contribution in [0.2, 0.25) is 0 Å². The van der Waals surface area contributed by atoms with Gasteiger partial charge in [-0.05, 0) is 30.2 Å². The first-order chi connectivity index (χ1) is 9.19. The number of hydrogen-bond acceptors (Lipinski definition) is 1. The number of rotatable bonds is 4. The van der Waals surface area contributed by atoms with E-state index in [2.05, 4.69) is 33.4 Å². The molecule has 0 aliphatic heterocycles. The number of benzene rings is 2. The van der Waals surface area contributed by atoms with Gasteiger partial charge in [0.05, 0.1) is 0 Å². The van der Waals surface area contributed by atoms with Crippen molar-refractivity contribution < 1.29 is 4.79 Å². The Labute approximate surface area is 122 Å². The number of carbonyl (C=O) groups excluding carboxylic acids is 1. The van der Waals surface area contributed by atoms with Crippen LogP contribution < -0.4 is 5.32 Å². The normalized spacial score (nSPS) is 10.2. The van der Waals surface area contributed by atoms with Crippen LogP contribution in [0.15, 0.2) is 48.5 Å². The molecule has 98 valence electrons. The lowest BCUT2D eigenvalue weighted by molar-refractivity contribution is 0.0951. The molecule has 0 fully saturated rings. The van der Waals surface area contributed by atoms with Gasteiger partial charge in [-0.25, -0.2) is 0 Å². The first kappa shape index (κ1) is 13.8. The van der Waals surface area contributed by atoms with Crippen LogP contribution in [0.5, 0.6) is 0 Å². The zero-order valence-electron chi connectivity index (χ0n) is 10.8. The fraction of sp³-hybridized carbons (Fsp3) is 0.188. The van der Waals surface area contributed by atoms with Gasteiger partial charge in [-0.15, -0.1) is 0 Å². The summed E-state index contributed by atoms with van der Waals surface area (Å²) < 4.78 is 0. The van der Waals surface area contributed by atoms with Crippen molar-refractivity contribution in [1.29, 1.82) is 0 Å². The van der Waals surface area contributed by atoms with E-state index in [4.69, 9.17) is 0 Å². The summed E-state index contributed by atoms with van der Waals surface area (Å²) in [5.41, 5.74) is 4.13. The summed E-state index contributed by atoms with van der Waals surface area (Å²) in [7, 11) is 0. The molecule has 2 rings (SSSR count). The minimum atomic E-state index is -0.0340. The maximum absolute atomic E-state index is 12.0. The van der Waals surface area contributed by atoms with Gasteiger partial charge in [-0.3, -0.25) is 4.79 Å². The molecule has 0 aliphatic carbocycles. The molecule has 1 N–H and O–H groups in total. The van der Waals surface area contributed by atoms with Crippen molar-refractivity contribution in [3.63, 3.8) is 0 Å². The Morgan fingerprint density at radius 2 is 1.79 bits per heavy atom. The van der Waals surface area contributed by atoms with E-state index in [-0.39, 0.29) is 5.91 Å². The highest BCUT2D eigenvalue weighted by Crippen LogP contribution is 2.08. The topological polar surface area (TPSA) is 29.1 Å². The van der Waals surface area contributed by atoms with Crippen LogP contribution in [0.3, 0.4) is 0 Å². The molecule has 0 aliphatic rings. The third-order valence-electron chi connectivity index (χ3n) is 2.91. The number of carbonyl (C=O) groups is 1. The molecule has 1 amide bonds. The van der Waals surface area contributed by atoms with Crippen LogP contribution in [0.4, 0.5) is 0 Å². The Balaban J connectivity index is 1.96. The third kappa shape index (κ3) is 3.93. The van der Waals surface area contributed by atoms with Crippen molar-refractivity contribution in [2.45, 2.75) is 18.8 Å². The molecule has 19 heavy (non-hydrogen) atoms. The van der Waals surface area contributed by atoms with E-state index in [1.54, 1.807) is 0 Å². The molecule has 0 heterocycles. The fourth-order valence-corrected chi connectivity index (χ4v) is 2.19. The lowest BCUT2D eigenvalue weighted by Gasteiger charge is -2.06. The minimum Gasteiger partial charge on any atom is -0.348 e. The van der Waals surface area contributed by atoms with Gasteiger partial charge in [-0.2, -0.15) is 0 Å². The van der Waals surface area contributed by atoms with E-state index < -0.39 is 0 Å². The number of aryl methyl sites for hydroxylation is 1. The molecule has 3 heteroatoms. The zero-order valence-corrected chi connectivity index (χ0v) is 12.4. The summed E-state index contributed by atoms with van der Waals surface area (Å²) >= 11 is 3.41. The van der Waals surface area contributed by atoms with Crippen molar-refractivity contribution >= 4 is 21.8 Å². The van der Waals surface area contributed by atoms with Crippen LogP contribution in [0.25, 0.3) is 0 Å². The van der Waals surface area contributed by atoms with Crippen LogP contribution in [-0.4, -0.2) is 5.91 Å². The van der Waals surface area contributed by atoms with Crippen molar-refractivity contribution in [2.75, 3.05) is 0 Å². The Hall–Kier alpha value is -1.61. The highest BCUT2D eigenvalue weighted by Gasteiger charge is 2.04. The molecule has 2 aromatic rings. The molecule has 0 atom stereocenters. The number of amides is 1. The second-order valence-electron chi connectivity index (χ2n) is 4.50. The monoisotopic (exact) mass is 317 g/mol. The molecule has 0 spiro atoms. The highest BCUT2D eigenvalue weighted by atomic mass is 79.9. The highest BCUT2D eigenvalue weighted by molar-refractivity contribution is 9.08. The molecule has 0 aromatic heterocycles. The molecule has 0 radical (unpaired) electrons. The smallest absolute Gasteiger partial charge is 0.251 e. The van der Waals surface area contributed by atoms with E-state index in [0.717, 1.165) is 16.5 Å². The largest absolute Gasteiger partial charge is 0.348 e. The maximum atomic E-state index is 12.0. The molecule has 0 saturated heterocycles. The van der Waals surface area contributed by atoms with E-state index in [1.165, 1.54) is 5.56 Å². The van der Waals surface area contributed by atoms with Gasteiger partial charge >= 0.3 is 0 Å². The molecule has 0 bridgehead atoms. The number of nitrogens with one attached hydrogen (secondary N) is 1. The van der Waals surface area contributed by atoms with Crippen LogP contribution in [-0.2, 0) is 11.9 Å². The summed E-state index contributed by atoms with van der Waals surface area (Å²) in [6, 6.07) is 15.8. The Bertz CT molecular complexity index is 563. The van der Waals surface area contributed by atoms with Crippen molar-refractivity contribution in [1.82, 2.24) is 5.32 Å². The standard InChI is InChI=1S/C16H16BrNO/c1-12-3-2-4-15(9-12)16(19)18-11-14-7-5-13(10-17)6-8-14/h2-9H,10-11H2,1H3,(H,18,19). The summed E-state index contributed by atoms with van der Waals surface area (Å²) in [5.74, 6) is -0.0340. The first-order valence-electron chi connectivity index (χ1n) is 6.17. The first-order valence-corrected chi connectivity index (χ1v) is 7.30. The van der Waals surface area contributed by atoms with Gasteiger partial charge in [0.2, 0.25) is 0 Å². The molecule has 2 nitrogen and oxygen atoms in total. The number of halogens is 1. The quantitative estimate of drug-likeness (QED) is 0.853. The SMILES string of the molecule is Cc1cccc(C(=O)NCc2ccc(CBr)cc2)c1. The Morgan fingerprint density at radius 1 is 1.11 bits per heavy atom. The van der Waals surface area contributed by atoms with Gasteiger partial charge in [0.15, 0.2) is 0 Å². The second kappa shape index (κ2) is 6.53. The van der Waals surface area contributed by atoms with Crippen LogP contribution in [0.1, 0.15) is 27.0 Å². The van der Waals surface area contributed by atoms with E-state index in [9.17, 15) is 4.79 Å². The van der Waals surface area contributed by atoms with Crippen LogP contribution >= 0.6 is 15.9 Å². The van der Waals surface area contributed by atoms with E-state index in [1.807, 2.05) is 43.3 Å². The summed E-state index contributed by atoms with van der Waals surface area (Å²) in [6.45, 7) is 2.53. The zero-order chi connectivity index (χ0) is 13.7. The van der Waals surface area contributed by atoms with Gasteiger partial charge < -0.3 is 5.32 Å². The molecular weight excluding hydrogens is 302 g/mol. The van der Waals surface area contributed by atoms with Crippen molar-refractivity contribution in [2.24, 2.45) is 0 Å². The molecule has 0 unspecified atom stereocenters. The van der Waals surface area contributed by atoms with E-state index in [0.29, 0.717) is 12.1 Å². The number of alkyl halides is 1. The average Bonchev–Trinajstić information content (AvgIpc) is 2.45. The van der Waals surface area contributed by atoms with Gasteiger partial charge in [-0.1, -0.05) is 57.9 Å². The Morgan fingerprint density at radius 3 is 2.42 bits per heavy atom. The average molecular weight is 318 g/mol. The van der Waals surface area contributed by atoms with Crippen LogP contribution in [0, 0.1) is 6.92 Å². The summed E-state index contributed by atoms with van der Waals surface area (Å²) in [5, 5.41) is 3.78. The lowest BCUT2D eigenvalue weighted by Crippen LogP contribution is -2.22. The summed E-state index contributed by atoms with van der Waals surface area (Å²) in [4.78, 5) is 12.0. The third-order valence-corrected chi connectivity index (χ3v) is 3.56. The summed E-state index contributed by atoms with van der Waals surface area (Å²) in [6.07, 6.45) is 0. The fourth-order valence-electron chi connectivity index (χ4n) is 1.82. The maximum Gasteiger partial charge on any atom is 0.251 e. The second-order valence-corrected chi connectivity index (χ2v) is 5.06. The lowest BCUT2D eigenvalue weighted by atomic mass is 10.1. The molecular formula is C16H16BrNO. The van der Waals surface area contributed by atoms with Crippen molar-refractivity contribution in [3.8, 4) is 0 Å². The molecule has 0 saturated carbocycles. The predicted molar refractivity (Wildman–Crippen MR) is 81.4 cm³/mol. The van der Waals surface area contributed by atoms with Crippen molar-refractivity contribution in [3.05, 3.63) is 70.8 Å². The van der Waals surface area contributed by atoms with Gasteiger partial charge in [0.25, 0.3) is 5.91 Å². The minimum absolute atomic E-state index is 0.0340. The Kier molecular flexibility index (Phi) is 4.74. The van der Waals surface area contributed by atoms with Gasteiger partial charge in [0.1, 0.15) is 0 Å². The predicted octanol–water partition coefficient (Wildman–Crippen LogP) is 3.82.